The maximum absolute atomic E-state index is 12.3. The van der Waals surface area contributed by atoms with E-state index in [1.807, 2.05) is 23.1 Å². The van der Waals surface area contributed by atoms with Crippen LogP contribution in [0.1, 0.15) is 37.2 Å². The highest BCUT2D eigenvalue weighted by Gasteiger charge is 2.33. The first-order valence-electron chi connectivity index (χ1n) is 7.94. The Hall–Kier alpha value is -1.10. The van der Waals surface area contributed by atoms with E-state index in [1.54, 1.807) is 0 Å². The molecule has 0 radical (unpaired) electrons. The number of likely N-dealkylation sites (tertiary alicyclic amines) is 1. The van der Waals surface area contributed by atoms with Gasteiger partial charge in [0.2, 0.25) is 5.91 Å². The van der Waals surface area contributed by atoms with Gasteiger partial charge in [-0.05, 0) is 24.8 Å². The van der Waals surface area contributed by atoms with E-state index in [1.165, 1.54) is 5.56 Å². The Labute approximate surface area is 138 Å². The van der Waals surface area contributed by atoms with Crippen LogP contribution in [0, 0.1) is 0 Å². The summed E-state index contributed by atoms with van der Waals surface area (Å²) < 4.78 is 5.58. The molecule has 0 saturated carbocycles. The zero-order chi connectivity index (χ0) is 14.7. The molecule has 2 saturated heterocycles. The Morgan fingerprint density at radius 3 is 2.73 bits per heavy atom. The van der Waals surface area contributed by atoms with E-state index < -0.39 is 0 Å². The topological polar surface area (TPSA) is 55.6 Å². The van der Waals surface area contributed by atoms with Crippen LogP contribution in [-0.2, 0) is 9.53 Å². The molecule has 0 aromatic heterocycles. The first kappa shape index (κ1) is 17.3. The second kappa shape index (κ2) is 7.95. The molecular weight excluding hydrogens is 300 g/mol. The zero-order valence-electron chi connectivity index (χ0n) is 12.8. The molecule has 122 valence electrons. The standard InChI is InChI=1S/C17H24N2O2.ClH/c18-16-12-19(11-15(16)13-5-2-1-3-6-13)17(20)9-8-14-7-4-10-21-14;/h1-3,5-6,14-16H,4,7-12,18H2;1H/t14?,15-,16+;/m0./s1. The highest BCUT2D eigenvalue weighted by molar-refractivity contribution is 5.85. The molecular formula is C17H25ClN2O2. The van der Waals surface area contributed by atoms with Gasteiger partial charge in [0.1, 0.15) is 0 Å². The molecule has 0 spiro atoms. The van der Waals surface area contributed by atoms with Crippen molar-refractivity contribution in [3.63, 3.8) is 0 Å². The van der Waals surface area contributed by atoms with Crippen molar-refractivity contribution in [2.24, 2.45) is 5.73 Å². The number of carbonyl (C=O) groups excluding carboxylic acids is 1. The Bertz CT molecular complexity index is 477. The summed E-state index contributed by atoms with van der Waals surface area (Å²) in [5.41, 5.74) is 7.47. The Morgan fingerprint density at radius 1 is 1.27 bits per heavy atom. The van der Waals surface area contributed by atoms with Gasteiger partial charge in [0, 0.05) is 38.1 Å². The van der Waals surface area contributed by atoms with Crippen molar-refractivity contribution < 1.29 is 9.53 Å². The molecule has 1 unspecified atom stereocenters. The van der Waals surface area contributed by atoms with E-state index in [0.717, 1.165) is 32.4 Å². The quantitative estimate of drug-likeness (QED) is 0.924. The van der Waals surface area contributed by atoms with Crippen LogP contribution < -0.4 is 5.73 Å². The smallest absolute Gasteiger partial charge is 0.222 e. The summed E-state index contributed by atoms with van der Waals surface area (Å²) in [5.74, 6) is 0.484. The molecule has 2 aliphatic heterocycles. The van der Waals surface area contributed by atoms with Gasteiger partial charge >= 0.3 is 0 Å². The third-order valence-electron chi connectivity index (χ3n) is 4.65. The maximum atomic E-state index is 12.3. The number of halogens is 1. The Kier molecular flexibility index (Phi) is 6.24. The number of rotatable bonds is 4. The van der Waals surface area contributed by atoms with Crippen molar-refractivity contribution in [3.8, 4) is 0 Å². The molecule has 4 nitrogen and oxygen atoms in total. The van der Waals surface area contributed by atoms with Crippen molar-refractivity contribution in [3.05, 3.63) is 35.9 Å². The fourth-order valence-corrected chi connectivity index (χ4v) is 3.40. The molecule has 2 heterocycles. The highest BCUT2D eigenvalue weighted by atomic mass is 35.5. The Morgan fingerprint density at radius 2 is 2.05 bits per heavy atom. The van der Waals surface area contributed by atoms with Gasteiger partial charge in [-0.1, -0.05) is 30.3 Å². The molecule has 1 aromatic carbocycles. The fraction of sp³-hybridized carbons (Fsp3) is 0.588. The number of carbonyl (C=O) groups is 1. The van der Waals surface area contributed by atoms with Crippen molar-refractivity contribution in [1.29, 1.82) is 0 Å². The predicted octanol–water partition coefficient (Wildman–Crippen LogP) is 2.32. The third kappa shape index (κ3) is 4.00. The lowest BCUT2D eigenvalue weighted by Gasteiger charge is -2.17. The van der Waals surface area contributed by atoms with Crippen LogP contribution in [0.3, 0.4) is 0 Å². The largest absolute Gasteiger partial charge is 0.378 e. The summed E-state index contributed by atoms with van der Waals surface area (Å²) in [6, 6.07) is 10.3. The van der Waals surface area contributed by atoms with Crippen molar-refractivity contribution in [2.45, 2.75) is 43.7 Å². The van der Waals surface area contributed by atoms with Gasteiger partial charge in [-0.3, -0.25) is 4.79 Å². The number of hydrogen-bond donors (Lipinski definition) is 1. The molecule has 1 amide bonds. The summed E-state index contributed by atoms with van der Waals surface area (Å²) >= 11 is 0. The number of hydrogen-bond acceptors (Lipinski definition) is 3. The van der Waals surface area contributed by atoms with Gasteiger partial charge in [-0.2, -0.15) is 0 Å². The van der Waals surface area contributed by atoms with Crippen molar-refractivity contribution >= 4 is 18.3 Å². The monoisotopic (exact) mass is 324 g/mol. The summed E-state index contributed by atoms with van der Waals surface area (Å²) in [4.78, 5) is 14.3. The molecule has 5 heteroatoms. The minimum atomic E-state index is 0. The van der Waals surface area contributed by atoms with Crippen LogP contribution >= 0.6 is 12.4 Å². The molecule has 22 heavy (non-hydrogen) atoms. The molecule has 2 aliphatic rings. The van der Waals surface area contributed by atoms with E-state index in [2.05, 4.69) is 12.1 Å². The molecule has 2 fully saturated rings. The van der Waals surface area contributed by atoms with Gasteiger partial charge in [-0.15, -0.1) is 12.4 Å². The number of nitrogens with two attached hydrogens (primary N) is 1. The molecule has 1 aromatic rings. The summed E-state index contributed by atoms with van der Waals surface area (Å²) in [5, 5.41) is 0. The van der Waals surface area contributed by atoms with Crippen LogP contribution in [0.15, 0.2) is 30.3 Å². The van der Waals surface area contributed by atoms with Crippen molar-refractivity contribution in [1.82, 2.24) is 4.90 Å². The van der Waals surface area contributed by atoms with E-state index in [4.69, 9.17) is 10.5 Å². The summed E-state index contributed by atoms with van der Waals surface area (Å²) in [7, 11) is 0. The lowest BCUT2D eigenvalue weighted by atomic mass is 9.95. The average Bonchev–Trinajstić information content (AvgIpc) is 3.15. The lowest BCUT2D eigenvalue weighted by molar-refractivity contribution is -0.130. The van der Waals surface area contributed by atoms with Gasteiger partial charge in [0.25, 0.3) is 0 Å². The molecule has 0 bridgehead atoms. The van der Waals surface area contributed by atoms with Crippen LogP contribution in [0.25, 0.3) is 0 Å². The molecule has 2 N–H and O–H groups in total. The van der Waals surface area contributed by atoms with Crippen LogP contribution in [0.4, 0.5) is 0 Å². The van der Waals surface area contributed by atoms with E-state index in [0.29, 0.717) is 13.0 Å². The lowest BCUT2D eigenvalue weighted by Crippen LogP contribution is -2.32. The predicted molar refractivity (Wildman–Crippen MR) is 89.2 cm³/mol. The number of ether oxygens (including phenoxy) is 1. The highest BCUT2D eigenvalue weighted by Crippen LogP contribution is 2.27. The van der Waals surface area contributed by atoms with Gasteiger partial charge in [0.15, 0.2) is 0 Å². The van der Waals surface area contributed by atoms with Gasteiger partial charge in [0.05, 0.1) is 6.10 Å². The third-order valence-corrected chi connectivity index (χ3v) is 4.65. The minimum absolute atomic E-state index is 0. The maximum Gasteiger partial charge on any atom is 0.222 e. The minimum Gasteiger partial charge on any atom is -0.378 e. The average molecular weight is 325 g/mol. The van der Waals surface area contributed by atoms with Crippen molar-refractivity contribution in [2.75, 3.05) is 19.7 Å². The number of nitrogens with zero attached hydrogens (tertiary/aromatic N) is 1. The van der Waals surface area contributed by atoms with Crippen LogP contribution in [-0.4, -0.2) is 42.6 Å². The number of benzene rings is 1. The van der Waals surface area contributed by atoms with Crippen LogP contribution in [0.5, 0.6) is 0 Å². The van der Waals surface area contributed by atoms with E-state index in [-0.39, 0.29) is 36.4 Å². The number of amides is 1. The molecule has 3 atom stereocenters. The molecule has 0 aliphatic carbocycles. The van der Waals surface area contributed by atoms with Gasteiger partial charge < -0.3 is 15.4 Å². The normalized spacial score (nSPS) is 27.7. The Balaban J connectivity index is 0.00000176. The van der Waals surface area contributed by atoms with E-state index in [9.17, 15) is 4.79 Å². The first-order valence-corrected chi connectivity index (χ1v) is 7.94. The SMILES string of the molecule is Cl.N[C@@H]1CN(C(=O)CCC2CCCO2)C[C@H]1c1ccccc1. The first-order chi connectivity index (χ1) is 10.2. The second-order valence-corrected chi connectivity index (χ2v) is 6.15. The van der Waals surface area contributed by atoms with E-state index >= 15 is 0 Å². The summed E-state index contributed by atoms with van der Waals surface area (Å²) in [6.45, 7) is 2.27. The van der Waals surface area contributed by atoms with Crippen LogP contribution in [0.2, 0.25) is 0 Å². The summed E-state index contributed by atoms with van der Waals surface area (Å²) in [6.07, 6.45) is 3.94. The van der Waals surface area contributed by atoms with Gasteiger partial charge in [-0.25, -0.2) is 0 Å². The molecule has 3 rings (SSSR count). The second-order valence-electron chi connectivity index (χ2n) is 6.15. The zero-order valence-corrected chi connectivity index (χ0v) is 13.6. The fourth-order valence-electron chi connectivity index (χ4n) is 3.40.